The van der Waals surface area contributed by atoms with Crippen molar-refractivity contribution in [2.24, 2.45) is 0 Å². The minimum atomic E-state index is 0.203. The van der Waals surface area contributed by atoms with Gasteiger partial charge in [-0.15, -0.1) is 11.6 Å². The lowest BCUT2D eigenvalue weighted by atomic mass is 10.1. The summed E-state index contributed by atoms with van der Waals surface area (Å²) in [7, 11) is 2.03. The molecule has 1 aromatic rings. The van der Waals surface area contributed by atoms with Crippen molar-refractivity contribution in [1.29, 1.82) is 0 Å². The molecule has 0 aliphatic heterocycles. The molecule has 1 rings (SSSR count). The van der Waals surface area contributed by atoms with E-state index in [0.29, 0.717) is 5.92 Å². The third kappa shape index (κ3) is 3.97. The van der Waals surface area contributed by atoms with Crippen LogP contribution >= 0.6 is 11.6 Å². The fourth-order valence-corrected chi connectivity index (χ4v) is 1.47. The van der Waals surface area contributed by atoms with Gasteiger partial charge in [-0.3, -0.25) is 0 Å². The smallest absolute Gasteiger partial charge is 0.131 e. The summed E-state index contributed by atoms with van der Waals surface area (Å²) in [4.78, 5) is 10.6. The fraction of sp³-hybridized carbons (Fsp3) is 0.667. The summed E-state index contributed by atoms with van der Waals surface area (Å²) < 4.78 is 0. The first-order valence-corrected chi connectivity index (χ1v) is 6.11. The van der Waals surface area contributed by atoms with Gasteiger partial charge >= 0.3 is 0 Å². The highest BCUT2D eigenvalue weighted by atomic mass is 35.5. The van der Waals surface area contributed by atoms with Crippen LogP contribution in [-0.4, -0.2) is 28.9 Å². The summed E-state index contributed by atoms with van der Waals surface area (Å²) in [6.45, 7) is 7.19. The van der Waals surface area contributed by atoms with Gasteiger partial charge in [0.2, 0.25) is 0 Å². The van der Waals surface area contributed by atoms with E-state index in [1.165, 1.54) is 0 Å². The molecule has 1 aromatic heterocycles. The molecular weight excluding hydrogens is 222 g/mol. The molecule has 16 heavy (non-hydrogen) atoms. The van der Waals surface area contributed by atoms with Crippen molar-refractivity contribution in [3.05, 3.63) is 18.1 Å². The maximum Gasteiger partial charge on any atom is 0.131 e. The van der Waals surface area contributed by atoms with E-state index < -0.39 is 0 Å². The molecule has 0 spiro atoms. The van der Waals surface area contributed by atoms with Crippen molar-refractivity contribution in [2.45, 2.75) is 38.5 Å². The standard InChI is InChI=1S/C12H20ClN3/c1-9(2)11-7-12(15-8-14-11)16(4)6-5-10(3)13/h7-10H,5-6H2,1-4H3. The number of halogens is 1. The SMILES string of the molecule is CC(Cl)CCN(C)c1cc(C(C)C)ncn1. The molecule has 3 nitrogen and oxygen atoms in total. The summed E-state index contributed by atoms with van der Waals surface area (Å²) in [5.41, 5.74) is 1.08. The van der Waals surface area contributed by atoms with Gasteiger partial charge < -0.3 is 4.90 Å². The first-order chi connectivity index (χ1) is 7.50. The number of anilines is 1. The lowest BCUT2D eigenvalue weighted by molar-refractivity contribution is 0.756. The zero-order valence-electron chi connectivity index (χ0n) is 10.4. The van der Waals surface area contributed by atoms with E-state index in [4.69, 9.17) is 11.6 Å². The summed E-state index contributed by atoms with van der Waals surface area (Å²) in [5.74, 6) is 1.40. The Morgan fingerprint density at radius 1 is 1.31 bits per heavy atom. The first-order valence-electron chi connectivity index (χ1n) is 5.68. The molecule has 4 heteroatoms. The van der Waals surface area contributed by atoms with E-state index in [2.05, 4.69) is 28.7 Å². The molecule has 0 saturated carbocycles. The molecule has 1 unspecified atom stereocenters. The average Bonchev–Trinajstić information content (AvgIpc) is 2.26. The Labute approximate surface area is 103 Å². The van der Waals surface area contributed by atoms with Gasteiger partial charge in [0.1, 0.15) is 12.1 Å². The summed E-state index contributed by atoms with van der Waals surface area (Å²) >= 11 is 5.93. The van der Waals surface area contributed by atoms with Gasteiger partial charge in [0.05, 0.1) is 0 Å². The zero-order chi connectivity index (χ0) is 12.1. The third-order valence-corrected chi connectivity index (χ3v) is 2.74. The highest BCUT2D eigenvalue weighted by Crippen LogP contribution is 2.16. The molecule has 90 valence electrons. The van der Waals surface area contributed by atoms with E-state index in [9.17, 15) is 0 Å². The Kier molecular flexibility index (Phi) is 5.00. The van der Waals surface area contributed by atoms with Crippen LogP contribution in [0.2, 0.25) is 0 Å². The molecule has 0 amide bonds. The van der Waals surface area contributed by atoms with Crippen molar-refractivity contribution in [1.82, 2.24) is 9.97 Å². The highest BCUT2D eigenvalue weighted by molar-refractivity contribution is 6.20. The number of nitrogens with zero attached hydrogens (tertiary/aromatic N) is 3. The van der Waals surface area contributed by atoms with Gasteiger partial charge in [-0.1, -0.05) is 13.8 Å². The second kappa shape index (κ2) is 6.04. The van der Waals surface area contributed by atoms with Crippen LogP contribution in [0.25, 0.3) is 0 Å². The van der Waals surface area contributed by atoms with Gasteiger partial charge in [-0.05, 0) is 19.3 Å². The maximum absolute atomic E-state index is 5.93. The van der Waals surface area contributed by atoms with Crippen LogP contribution in [0.4, 0.5) is 5.82 Å². The summed E-state index contributed by atoms with van der Waals surface area (Å²) in [6, 6.07) is 2.05. The van der Waals surface area contributed by atoms with Gasteiger partial charge in [0.15, 0.2) is 0 Å². The van der Waals surface area contributed by atoms with Crippen LogP contribution in [0, 0.1) is 0 Å². The molecule has 0 aromatic carbocycles. The van der Waals surface area contributed by atoms with Crippen LogP contribution in [0.3, 0.4) is 0 Å². The molecule has 0 N–H and O–H groups in total. The van der Waals surface area contributed by atoms with Crippen LogP contribution < -0.4 is 4.90 Å². The topological polar surface area (TPSA) is 29.0 Å². The maximum atomic E-state index is 5.93. The Hall–Kier alpha value is -0.830. The molecule has 0 bridgehead atoms. The molecular formula is C12H20ClN3. The third-order valence-electron chi connectivity index (χ3n) is 2.52. The van der Waals surface area contributed by atoms with Crippen molar-refractivity contribution in [3.8, 4) is 0 Å². The van der Waals surface area contributed by atoms with E-state index in [1.807, 2.05) is 20.0 Å². The number of rotatable bonds is 5. The van der Waals surface area contributed by atoms with Gasteiger partial charge in [0.25, 0.3) is 0 Å². The molecule has 0 radical (unpaired) electrons. The van der Waals surface area contributed by atoms with Crippen LogP contribution in [0.15, 0.2) is 12.4 Å². The van der Waals surface area contributed by atoms with Crippen LogP contribution in [0.1, 0.15) is 38.8 Å². The quantitative estimate of drug-likeness (QED) is 0.742. The molecule has 0 fully saturated rings. The number of alkyl halides is 1. The fourth-order valence-electron chi connectivity index (χ4n) is 1.37. The largest absolute Gasteiger partial charge is 0.360 e. The summed E-state index contributed by atoms with van der Waals surface area (Å²) in [5, 5.41) is 0.203. The lowest BCUT2D eigenvalue weighted by Crippen LogP contribution is -2.21. The second-order valence-electron chi connectivity index (χ2n) is 4.45. The summed E-state index contributed by atoms with van der Waals surface area (Å²) in [6.07, 6.45) is 2.59. The molecule has 0 aliphatic carbocycles. The number of hydrogen-bond acceptors (Lipinski definition) is 3. The number of aromatic nitrogens is 2. The number of hydrogen-bond donors (Lipinski definition) is 0. The van der Waals surface area contributed by atoms with Crippen molar-refractivity contribution >= 4 is 17.4 Å². The van der Waals surface area contributed by atoms with E-state index in [1.54, 1.807) is 6.33 Å². The average molecular weight is 242 g/mol. The Morgan fingerprint density at radius 2 is 2.00 bits per heavy atom. The predicted molar refractivity (Wildman–Crippen MR) is 69.3 cm³/mol. The van der Waals surface area contributed by atoms with Gasteiger partial charge in [-0.2, -0.15) is 0 Å². The van der Waals surface area contributed by atoms with Crippen LogP contribution in [0.5, 0.6) is 0 Å². The van der Waals surface area contributed by atoms with Crippen molar-refractivity contribution in [2.75, 3.05) is 18.5 Å². The van der Waals surface area contributed by atoms with E-state index >= 15 is 0 Å². The zero-order valence-corrected chi connectivity index (χ0v) is 11.2. The minimum absolute atomic E-state index is 0.203. The molecule has 1 heterocycles. The predicted octanol–water partition coefficient (Wildman–Crippen LogP) is 3.05. The molecule has 0 aliphatic rings. The molecule has 1 atom stereocenters. The Morgan fingerprint density at radius 3 is 2.56 bits per heavy atom. The van der Waals surface area contributed by atoms with E-state index in [0.717, 1.165) is 24.5 Å². The van der Waals surface area contributed by atoms with Gasteiger partial charge in [-0.25, -0.2) is 9.97 Å². The van der Waals surface area contributed by atoms with Crippen LogP contribution in [-0.2, 0) is 0 Å². The second-order valence-corrected chi connectivity index (χ2v) is 5.19. The van der Waals surface area contributed by atoms with Gasteiger partial charge in [0, 0.05) is 30.7 Å². The minimum Gasteiger partial charge on any atom is -0.360 e. The highest BCUT2D eigenvalue weighted by Gasteiger charge is 2.07. The monoisotopic (exact) mass is 241 g/mol. The van der Waals surface area contributed by atoms with Crippen molar-refractivity contribution in [3.63, 3.8) is 0 Å². The van der Waals surface area contributed by atoms with Crippen molar-refractivity contribution < 1.29 is 0 Å². The Balaban J connectivity index is 2.68. The first kappa shape index (κ1) is 13.2. The normalized spacial score (nSPS) is 12.9. The van der Waals surface area contributed by atoms with E-state index in [-0.39, 0.29) is 5.38 Å². The Bertz CT molecular complexity index is 326. The lowest BCUT2D eigenvalue weighted by Gasteiger charge is -2.19. The molecule has 0 saturated heterocycles.